The number of sulfone groups is 1. The Hall–Kier alpha value is -1.11. The zero-order valence-electron chi connectivity index (χ0n) is 12.5. The summed E-state index contributed by atoms with van der Waals surface area (Å²) < 4.78 is 22.3. The molecule has 0 fully saturated rings. The Morgan fingerprint density at radius 2 is 1.81 bits per heavy atom. The Bertz CT molecular complexity index is 544. The smallest absolute Gasteiger partial charge is 0.251 e. The van der Waals surface area contributed by atoms with Gasteiger partial charge in [-0.15, -0.1) is 12.4 Å². The third-order valence-corrected chi connectivity index (χ3v) is 3.62. The van der Waals surface area contributed by atoms with Gasteiger partial charge in [0.2, 0.25) is 0 Å². The molecule has 0 aliphatic rings. The van der Waals surface area contributed by atoms with Gasteiger partial charge in [-0.2, -0.15) is 0 Å². The first-order valence-electron chi connectivity index (χ1n) is 6.60. The second-order valence-corrected chi connectivity index (χ2v) is 7.08. The minimum Gasteiger partial charge on any atom is -0.350 e. The second-order valence-electron chi connectivity index (χ2n) is 4.94. The highest BCUT2D eigenvalue weighted by Crippen LogP contribution is 2.07. The highest BCUT2D eigenvalue weighted by atomic mass is 35.5. The van der Waals surface area contributed by atoms with E-state index in [-0.39, 0.29) is 30.1 Å². The van der Waals surface area contributed by atoms with Crippen molar-refractivity contribution in [2.75, 3.05) is 19.3 Å². The number of amides is 1. The van der Waals surface area contributed by atoms with Gasteiger partial charge in [0.25, 0.3) is 5.91 Å². The van der Waals surface area contributed by atoms with E-state index in [9.17, 15) is 13.2 Å². The van der Waals surface area contributed by atoms with E-state index in [1.54, 1.807) is 24.3 Å². The molecule has 0 saturated carbocycles. The van der Waals surface area contributed by atoms with E-state index in [1.165, 1.54) is 6.26 Å². The third kappa shape index (κ3) is 8.04. The average molecular weight is 335 g/mol. The van der Waals surface area contributed by atoms with Gasteiger partial charge in [0.1, 0.15) is 0 Å². The van der Waals surface area contributed by atoms with Crippen molar-refractivity contribution in [3.05, 3.63) is 35.4 Å². The van der Waals surface area contributed by atoms with Crippen LogP contribution >= 0.6 is 12.4 Å². The molecule has 1 aromatic rings. The number of carbonyl (C=O) groups excluding carboxylic acids is 1. The van der Waals surface area contributed by atoms with Crippen LogP contribution in [0.5, 0.6) is 0 Å². The van der Waals surface area contributed by atoms with Crippen molar-refractivity contribution in [3.8, 4) is 0 Å². The lowest BCUT2D eigenvalue weighted by atomic mass is 10.1. The highest BCUT2D eigenvalue weighted by Gasteiger charge is 2.09. The molecule has 1 amide bonds. The number of hydrogen-bond donors (Lipinski definition) is 2. The van der Waals surface area contributed by atoms with E-state index < -0.39 is 9.84 Å². The van der Waals surface area contributed by atoms with Gasteiger partial charge in [0.05, 0.1) is 5.75 Å². The zero-order chi connectivity index (χ0) is 15.2. The molecule has 2 N–H and O–H groups in total. The largest absolute Gasteiger partial charge is 0.350 e. The van der Waals surface area contributed by atoms with Crippen molar-refractivity contribution in [2.24, 2.45) is 0 Å². The monoisotopic (exact) mass is 334 g/mol. The van der Waals surface area contributed by atoms with Gasteiger partial charge in [0, 0.05) is 24.4 Å². The van der Waals surface area contributed by atoms with E-state index in [1.807, 2.05) is 13.8 Å². The molecule has 120 valence electrons. The molecule has 1 rings (SSSR count). The molecule has 7 heteroatoms. The molecule has 0 unspecified atom stereocenters. The Balaban J connectivity index is 0.00000400. The molecule has 0 aliphatic carbocycles. The molecule has 0 bridgehead atoms. The van der Waals surface area contributed by atoms with Crippen LogP contribution in [0.2, 0.25) is 0 Å². The summed E-state index contributed by atoms with van der Waals surface area (Å²) in [4.78, 5) is 11.9. The fourth-order valence-electron chi connectivity index (χ4n) is 1.82. The lowest BCUT2D eigenvalue weighted by Crippen LogP contribution is -2.38. The Kier molecular flexibility index (Phi) is 8.54. The van der Waals surface area contributed by atoms with E-state index >= 15 is 0 Å². The maximum Gasteiger partial charge on any atom is 0.251 e. The van der Waals surface area contributed by atoms with Crippen molar-refractivity contribution in [1.29, 1.82) is 0 Å². The molecule has 1 aromatic carbocycles. The molecule has 0 heterocycles. The molecule has 0 saturated heterocycles. The number of halogens is 1. The summed E-state index contributed by atoms with van der Waals surface area (Å²) in [5.74, 6) is -0.160. The maximum absolute atomic E-state index is 11.9. The Morgan fingerprint density at radius 3 is 2.29 bits per heavy atom. The SMILES string of the molecule is CCN[C@H](C)CNC(=O)c1ccc(CS(C)(=O)=O)cc1.Cl. The Labute approximate surface area is 132 Å². The van der Waals surface area contributed by atoms with Gasteiger partial charge >= 0.3 is 0 Å². The molecule has 21 heavy (non-hydrogen) atoms. The number of carbonyl (C=O) groups is 1. The minimum absolute atomic E-state index is 0. The summed E-state index contributed by atoms with van der Waals surface area (Å²) >= 11 is 0. The third-order valence-electron chi connectivity index (χ3n) is 2.77. The molecule has 0 aromatic heterocycles. The molecular weight excluding hydrogens is 312 g/mol. The van der Waals surface area contributed by atoms with Crippen LogP contribution in [0.1, 0.15) is 29.8 Å². The van der Waals surface area contributed by atoms with Crippen LogP contribution < -0.4 is 10.6 Å². The number of hydrogen-bond acceptors (Lipinski definition) is 4. The fourth-order valence-corrected chi connectivity index (χ4v) is 2.62. The van der Waals surface area contributed by atoms with Crippen LogP contribution in [0.4, 0.5) is 0 Å². The summed E-state index contributed by atoms with van der Waals surface area (Å²) in [6.07, 6.45) is 1.19. The Morgan fingerprint density at radius 1 is 1.24 bits per heavy atom. The van der Waals surface area contributed by atoms with E-state index in [0.29, 0.717) is 17.7 Å². The number of likely N-dealkylation sites (N-methyl/N-ethyl adjacent to an activating group) is 1. The van der Waals surface area contributed by atoms with Crippen LogP contribution in [-0.2, 0) is 15.6 Å². The first-order chi connectivity index (χ1) is 9.31. The molecule has 0 spiro atoms. The van der Waals surface area contributed by atoms with Crippen LogP contribution in [0.15, 0.2) is 24.3 Å². The van der Waals surface area contributed by atoms with E-state index in [2.05, 4.69) is 10.6 Å². The summed E-state index contributed by atoms with van der Waals surface area (Å²) in [6.45, 7) is 5.42. The second kappa shape index (κ2) is 9.02. The van der Waals surface area contributed by atoms with Crippen LogP contribution in [0.3, 0.4) is 0 Å². The molecular formula is C14H23ClN2O3S. The quantitative estimate of drug-likeness (QED) is 0.790. The van der Waals surface area contributed by atoms with Crippen molar-refractivity contribution >= 4 is 28.2 Å². The van der Waals surface area contributed by atoms with Crippen LogP contribution in [0, 0.1) is 0 Å². The van der Waals surface area contributed by atoms with Gasteiger partial charge in [-0.3, -0.25) is 4.79 Å². The standard InChI is InChI=1S/C14H22N2O3S.ClH/c1-4-15-11(2)9-16-14(17)13-7-5-12(6-8-13)10-20(3,18)19;/h5-8,11,15H,4,9-10H2,1-3H3,(H,16,17);1H/t11-;/m1./s1. The average Bonchev–Trinajstić information content (AvgIpc) is 2.35. The summed E-state index contributed by atoms with van der Waals surface area (Å²) in [5, 5.41) is 6.04. The number of nitrogens with one attached hydrogen (secondary N) is 2. The topological polar surface area (TPSA) is 75.3 Å². The summed E-state index contributed by atoms with van der Waals surface area (Å²) in [7, 11) is -3.05. The highest BCUT2D eigenvalue weighted by molar-refractivity contribution is 7.89. The van der Waals surface area contributed by atoms with Gasteiger partial charge in [-0.25, -0.2) is 8.42 Å². The van der Waals surface area contributed by atoms with Crippen molar-refractivity contribution < 1.29 is 13.2 Å². The summed E-state index contributed by atoms with van der Waals surface area (Å²) in [6, 6.07) is 6.85. The first kappa shape index (κ1) is 19.9. The van der Waals surface area contributed by atoms with Gasteiger partial charge < -0.3 is 10.6 Å². The predicted octanol–water partition coefficient (Wildman–Crippen LogP) is 1.38. The number of benzene rings is 1. The molecule has 5 nitrogen and oxygen atoms in total. The molecule has 0 aliphatic heterocycles. The minimum atomic E-state index is -3.05. The van der Waals surface area contributed by atoms with E-state index in [0.717, 1.165) is 6.54 Å². The van der Waals surface area contributed by atoms with Crippen LogP contribution in [-0.4, -0.2) is 39.7 Å². The van der Waals surface area contributed by atoms with Gasteiger partial charge in [-0.05, 0) is 31.2 Å². The summed E-state index contributed by atoms with van der Waals surface area (Å²) in [5.41, 5.74) is 1.22. The van der Waals surface area contributed by atoms with Gasteiger partial charge in [0.15, 0.2) is 9.84 Å². The van der Waals surface area contributed by atoms with Gasteiger partial charge in [-0.1, -0.05) is 19.1 Å². The maximum atomic E-state index is 11.9. The lowest BCUT2D eigenvalue weighted by molar-refractivity contribution is 0.0950. The van der Waals surface area contributed by atoms with Crippen molar-refractivity contribution in [1.82, 2.24) is 10.6 Å². The van der Waals surface area contributed by atoms with E-state index in [4.69, 9.17) is 0 Å². The number of rotatable bonds is 7. The fraction of sp³-hybridized carbons (Fsp3) is 0.500. The van der Waals surface area contributed by atoms with Crippen molar-refractivity contribution in [3.63, 3.8) is 0 Å². The predicted molar refractivity (Wildman–Crippen MR) is 87.7 cm³/mol. The normalized spacial score (nSPS) is 12.3. The first-order valence-corrected chi connectivity index (χ1v) is 8.66. The molecule has 1 atom stereocenters. The van der Waals surface area contributed by atoms with Crippen LogP contribution in [0.25, 0.3) is 0 Å². The molecule has 0 radical (unpaired) electrons. The van der Waals surface area contributed by atoms with Crippen molar-refractivity contribution in [2.45, 2.75) is 25.6 Å². The lowest BCUT2D eigenvalue weighted by Gasteiger charge is -2.13. The zero-order valence-corrected chi connectivity index (χ0v) is 14.2.